The number of halogens is 3. The van der Waals surface area contributed by atoms with Crippen LogP contribution in [0.15, 0.2) is 18.2 Å². The smallest absolute Gasteiger partial charge is 0.395 e. The van der Waals surface area contributed by atoms with Crippen molar-refractivity contribution < 1.29 is 23.2 Å². The van der Waals surface area contributed by atoms with E-state index < -0.39 is 22.4 Å². The van der Waals surface area contributed by atoms with E-state index >= 15 is 0 Å². The molecule has 0 atom stereocenters. The van der Waals surface area contributed by atoms with Crippen molar-refractivity contribution in [2.75, 3.05) is 38.1 Å². The fourth-order valence-corrected chi connectivity index (χ4v) is 2.84. The molecule has 24 heavy (non-hydrogen) atoms. The Morgan fingerprint density at radius 1 is 1.33 bits per heavy atom. The van der Waals surface area contributed by atoms with Gasteiger partial charge in [-0.25, -0.2) is 0 Å². The maximum atomic E-state index is 13.1. The number of aliphatic hydroxyl groups excluding tert-OH is 1. The Morgan fingerprint density at radius 2 is 2.00 bits per heavy atom. The lowest BCUT2D eigenvalue weighted by atomic mass is 9.96. The highest BCUT2D eigenvalue weighted by atomic mass is 19.4. The normalized spacial score (nSPS) is 17.0. The number of alkyl halides is 3. The number of likely N-dealkylation sites (tertiary alicyclic amines) is 1. The van der Waals surface area contributed by atoms with E-state index in [0.717, 1.165) is 38.1 Å². The summed E-state index contributed by atoms with van der Waals surface area (Å²) in [5.74, 6) is 0.233. The molecule has 0 bridgehead atoms. The van der Waals surface area contributed by atoms with Gasteiger partial charge in [-0.2, -0.15) is 13.2 Å². The number of β-amino-alcohol motifs (C(OH)–C–C–N with tert-alkyl or cyclic N) is 1. The van der Waals surface area contributed by atoms with Crippen LogP contribution in [0.2, 0.25) is 0 Å². The molecule has 9 heteroatoms. The van der Waals surface area contributed by atoms with Gasteiger partial charge in [-0.05, 0) is 37.9 Å². The molecule has 0 saturated carbocycles. The molecule has 2 rings (SSSR count). The van der Waals surface area contributed by atoms with E-state index in [1.165, 1.54) is 0 Å². The molecule has 0 aliphatic carbocycles. The van der Waals surface area contributed by atoms with E-state index in [-0.39, 0.29) is 18.2 Å². The van der Waals surface area contributed by atoms with Gasteiger partial charge >= 0.3 is 6.18 Å². The number of aliphatic hydroxyl groups is 1. The highest BCUT2D eigenvalue weighted by Crippen LogP contribution is 2.37. The number of non-ortho nitro benzene ring substituents is 1. The van der Waals surface area contributed by atoms with Gasteiger partial charge in [0.1, 0.15) is 0 Å². The molecule has 1 saturated heterocycles. The van der Waals surface area contributed by atoms with Gasteiger partial charge in [-0.15, -0.1) is 0 Å². The minimum atomic E-state index is -4.65. The fraction of sp³-hybridized carbons (Fsp3) is 0.600. The summed E-state index contributed by atoms with van der Waals surface area (Å²) in [6.07, 6.45) is -2.98. The van der Waals surface area contributed by atoms with Crippen molar-refractivity contribution in [3.8, 4) is 0 Å². The summed E-state index contributed by atoms with van der Waals surface area (Å²) in [7, 11) is 0. The van der Waals surface area contributed by atoms with Crippen molar-refractivity contribution in [2.24, 2.45) is 5.92 Å². The minimum absolute atomic E-state index is 0.0979. The van der Waals surface area contributed by atoms with Crippen LogP contribution < -0.4 is 5.32 Å². The number of nitro benzene ring substituents is 1. The monoisotopic (exact) mass is 347 g/mol. The number of anilines is 1. The fourth-order valence-electron chi connectivity index (χ4n) is 2.84. The average molecular weight is 347 g/mol. The molecule has 134 valence electrons. The summed E-state index contributed by atoms with van der Waals surface area (Å²) in [6.45, 7) is 2.70. The van der Waals surface area contributed by atoms with Crippen LogP contribution in [0.3, 0.4) is 0 Å². The molecule has 1 aliphatic rings. The van der Waals surface area contributed by atoms with E-state index in [9.17, 15) is 23.3 Å². The van der Waals surface area contributed by atoms with Crippen molar-refractivity contribution in [1.29, 1.82) is 0 Å². The first-order chi connectivity index (χ1) is 11.3. The molecule has 1 fully saturated rings. The minimum Gasteiger partial charge on any atom is -0.395 e. The largest absolute Gasteiger partial charge is 0.418 e. The quantitative estimate of drug-likeness (QED) is 0.611. The number of hydrogen-bond acceptors (Lipinski definition) is 5. The van der Waals surface area contributed by atoms with E-state index in [4.69, 9.17) is 5.11 Å². The second-order valence-electron chi connectivity index (χ2n) is 5.87. The lowest BCUT2D eigenvalue weighted by Crippen LogP contribution is -2.37. The van der Waals surface area contributed by atoms with Crippen LogP contribution in [0.5, 0.6) is 0 Å². The summed E-state index contributed by atoms with van der Waals surface area (Å²) >= 11 is 0. The lowest BCUT2D eigenvalue weighted by molar-refractivity contribution is -0.385. The van der Waals surface area contributed by atoms with Crippen LogP contribution in [-0.2, 0) is 6.18 Å². The molecule has 0 radical (unpaired) electrons. The summed E-state index contributed by atoms with van der Waals surface area (Å²) < 4.78 is 39.3. The molecule has 0 spiro atoms. The summed E-state index contributed by atoms with van der Waals surface area (Å²) in [6, 6.07) is 2.75. The highest BCUT2D eigenvalue weighted by molar-refractivity contribution is 5.57. The third kappa shape index (κ3) is 4.81. The van der Waals surface area contributed by atoms with Crippen LogP contribution in [0, 0.1) is 16.0 Å². The summed E-state index contributed by atoms with van der Waals surface area (Å²) in [4.78, 5) is 12.0. The third-order valence-electron chi connectivity index (χ3n) is 4.22. The summed E-state index contributed by atoms with van der Waals surface area (Å²) in [5.41, 5.74) is -1.73. The Morgan fingerprint density at radius 3 is 2.54 bits per heavy atom. The molecular weight excluding hydrogens is 327 g/mol. The average Bonchev–Trinajstić information content (AvgIpc) is 2.53. The SMILES string of the molecule is O=[N+]([O-])c1ccc(NCC2CCN(CCO)CC2)c(C(F)(F)F)c1. The molecule has 2 N–H and O–H groups in total. The second-order valence-corrected chi connectivity index (χ2v) is 5.87. The van der Waals surface area contributed by atoms with Gasteiger partial charge in [-0.3, -0.25) is 10.1 Å². The van der Waals surface area contributed by atoms with Gasteiger partial charge in [0.15, 0.2) is 0 Å². The van der Waals surface area contributed by atoms with Crippen molar-refractivity contribution >= 4 is 11.4 Å². The van der Waals surface area contributed by atoms with Crippen molar-refractivity contribution in [2.45, 2.75) is 19.0 Å². The first kappa shape index (κ1) is 18.5. The van der Waals surface area contributed by atoms with Crippen LogP contribution in [0.1, 0.15) is 18.4 Å². The Bertz CT molecular complexity index is 573. The Kier molecular flexibility index (Phi) is 6.00. The number of rotatable bonds is 6. The number of nitrogens with zero attached hydrogens (tertiary/aromatic N) is 2. The Hall–Kier alpha value is -1.87. The predicted octanol–water partition coefficient (Wildman–Crippen LogP) is 2.73. The molecule has 1 heterocycles. The Balaban J connectivity index is 2.01. The summed E-state index contributed by atoms with van der Waals surface area (Å²) in [5, 5.41) is 22.4. The van der Waals surface area contributed by atoms with E-state index in [1.54, 1.807) is 0 Å². The standard InChI is InChI=1S/C15H20F3N3O3/c16-15(17,18)13-9-12(21(23)24)1-2-14(13)19-10-11-3-5-20(6-4-11)7-8-22/h1-2,9,11,19,22H,3-8,10H2. The molecule has 0 unspecified atom stereocenters. The van der Waals surface area contributed by atoms with Crippen LogP contribution in [0.25, 0.3) is 0 Å². The number of nitrogens with one attached hydrogen (secondary N) is 1. The third-order valence-corrected chi connectivity index (χ3v) is 4.22. The zero-order valence-corrected chi connectivity index (χ0v) is 13.1. The van der Waals surface area contributed by atoms with Crippen molar-refractivity contribution in [1.82, 2.24) is 4.90 Å². The number of benzene rings is 1. The zero-order valence-electron chi connectivity index (χ0n) is 13.1. The maximum Gasteiger partial charge on any atom is 0.418 e. The van der Waals surface area contributed by atoms with Gasteiger partial charge in [0.05, 0.1) is 17.1 Å². The van der Waals surface area contributed by atoms with Crippen LogP contribution >= 0.6 is 0 Å². The topological polar surface area (TPSA) is 78.6 Å². The zero-order chi connectivity index (χ0) is 17.7. The van der Waals surface area contributed by atoms with Crippen molar-refractivity contribution in [3.05, 3.63) is 33.9 Å². The molecule has 1 aromatic rings. The number of hydrogen-bond donors (Lipinski definition) is 2. The molecule has 1 aromatic carbocycles. The highest BCUT2D eigenvalue weighted by Gasteiger charge is 2.35. The van der Waals surface area contributed by atoms with Gasteiger partial charge < -0.3 is 15.3 Å². The van der Waals surface area contributed by atoms with Crippen molar-refractivity contribution in [3.63, 3.8) is 0 Å². The maximum absolute atomic E-state index is 13.1. The van der Waals surface area contributed by atoms with Gasteiger partial charge in [0.2, 0.25) is 0 Å². The Labute approximate surface area is 137 Å². The lowest BCUT2D eigenvalue weighted by Gasteiger charge is -2.31. The second kappa shape index (κ2) is 7.80. The first-order valence-corrected chi connectivity index (χ1v) is 7.74. The van der Waals surface area contributed by atoms with E-state index in [2.05, 4.69) is 10.2 Å². The van der Waals surface area contributed by atoms with E-state index in [1.807, 2.05) is 0 Å². The van der Waals surface area contributed by atoms with Crippen LogP contribution in [-0.4, -0.2) is 47.7 Å². The van der Waals surface area contributed by atoms with Crippen LogP contribution in [0.4, 0.5) is 24.5 Å². The first-order valence-electron chi connectivity index (χ1n) is 7.74. The molecule has 1 aliphatic heterocycles. The molecule has 0 amide bonds. The van der Waals surface area contributed by atoms with E-state index in [0.29, 0.717) is 19.2 Å². The predicted molar refractivity (Wildman–Crippen MR) is 82.8 cm³/mol. The molecule has 0 aromatic heterocycles. The molecular formula is C15H20F3N3O3. The number of nitro groups is 1. The van der Waals surface area contributed by atoms with Gasteiger partial charge in [0.25, 0.3) is 5.69 Å². The molecule has 6 nitrogen and oxygen atoms in total. The van der Waals surface area contributed by atoms with Gasteiger partial charge in [-0.1, -0.05) is 0 Å². The van der Waals surface area contributed by atoms with Gasteiger partial charge in [0, 0.05) is 30.9 Å². The number of piperidine rings is 1.